The molecular weight excluding hydrogens is 360 g/mol. The predicted octanol–water partition coefficient (Wildman–Crippen LogP) is 4.27. The predicted molar refractivity (Wildman–Crippen MR) is 106 cm³/mol. The summed E-state index contributed by atoms with van der Waals surface area (Å²) < 4.78 is 22.1. The van der Waals surface area contributed by atoms with Gasteiger partial charge < -0.3 is 18.9 Å². The van der Waals surface area contributed by atoms with Crippen molar-refractivity contribution >= 4 is 23.0 Å². The van der Waals surface area contributed by atoms with Gasteiger partial charge in [-0.3, -0.25) is 9.59 Å². The second-order valence-corrected chi connectivity index (χ2v) is 5.97. The first-order valence-corrected chi connectivity index (χ1v) is 8.54. The van der Waals surface area contributed by atoms with Crippen LogP contribution < -0.4 is 18.9 Å². The quantitative estimate of drug-likeness (QED) is 0.361. The van der Waals surface area contributed by atoms with Crippen molar-refractivity contribution < 1.29 is 28.5 Å². The highest BCUT2D eigenvalue weighted by Gasteiger charge is 2.23. The molecule has 0 spiro atoms. The van der Waals surface area contributed by atoms with Gasteiger partial charge in [-0.15, -0.1) is 0 Å². The molecule has 28 heavy (non-hydrogen) atoms. The van der Waals surface area contributed by atoms with Crippen molar-refractivity contribution in [1.29, 1.82) is 0 Å². The van der Waals surface area contributed by atoms with Gasteiger partial charge in [0.2, 0.25) is 0 Å². The van der Waals surface area contributed by atoms with E-state index in [1.165, 1.54) is 14.0 Å². The molecule has 0 amide bonds. The molecule has 0 N–H and O–H groups in total. The summed E-state index contributed by atoms with van der Waals surface area (Å²) in [4.78, 5) is 23.6. The lowest BCUT2D eigenvalue weighted by atomic mass is 9.94. The molecule has 0 aromatic heterocycles. The molecule has 0 heterocycles. The molecule has 0 aliphatic rings. The van der Waals surface area contributed by atoms with Crippen molar-refractivity contribution in [3.8, 4) is 34.1 Å². The minimum atomic E-state index is -0.488. The Kier molecular flexibility index (Phi) is 5.49. The lowest BCUT2D eigenvalue weighted by Gasteiger charge is -2.19. The Morgan fingerprint density at radius 3 is 2.14 bits per heavy atom. The fourth-order valence-corrected chi connectivity index (χ4v) is 3.26. The Morgan fingerprint density at radius 1 is 0.893 bits per heavy atom. The van der Waals surface area contributed by atoms with Gasteiger partial charge in [0.15, 0.2) is 6.29 Å². The molecule has 6 nitrogen and oxygen atoms in total. The third-order valence-corrected chi connectivity index (χ3v) is 4.40. The minimum Gasteiger partial charge on any atom is -0.496 e. The summed E-state index contributed by atoms with van der Waals surface area (Å²) in [7, 11) is 4.61. The Bertz CT molecular complexity index is 1050. The average molecular weight is 380 g/mol. The summed E-state index contributed by atoms with van der Waals surface area (Å²) >= 11 is 0. The summed E-state index contributed by atoms with van der Waals surface area (Å²) in [5.74, 6) is 1.38. The maximum atomic E-state index is 11.9. The molecule has 0 atom stereocenters. The SMILES string of the molecule is COc1cccc(C=O)c1-c1cc(OC)c2c(OC)cccc2c1OC(C)=O. The Labute approximate surface area is 162 Å². The third kappa shape index (κ3) is 3.24. The zero-order valence-corrected chi connectivity index (χ0v) is 16.1. The van der Waals surface area contributed by atoms with Crippen LogP contribution in [-0.4, -0.2) is 33.6 Å². The number of fused-ring (bicyclic) bond motifs is 1. The highest BCUT2D eigenvalue weighted by Crippen LogP contribution is 2.48. The van der Waals surface area contributed by atoms with E-state index in [1.54, 1.807) is 56.7 Å². The molecule has 0 aliphatic carbocycles. The van der Waals surface area contributed by atoms with Crippen molar-refractivity contribution in [2.45, 2.75) is 6.92 Å². The zero-order valence-electron chi connectivity index (χ0n) is 16.1. The summed E-state index contributed by atoms with van der Waals surface area (Å²) in [6.45, 7) is 1.32. The van der Waals surface area contributed by atoms with Crippen LogP contribution in [0.2, 0.25) is 0 Å². The Hall–Kier alpha value is -3.54. The summed E-state index contributed by atoms with van der Waals surface area (Å²) in [6.07, 6.45) is 0.734. The number of ether oxygens (including phenoxy) is 4. The third-order valence-electron chi connectivity index (χ3n) is 4.40. The standard InChI is InChI=1S/C22H20O6/c1-13(24)28-22-15-8-6-10-18(26-3)21(15)19(27-4)11-16(22)20-14(12-23)7-5-9-17(20)25-2/h5-12H,1-4H3. The lowest BCUT2D eigenvalue weighted by molar-refractivity contribution is -0.131. The fourth-order valence-electron chi connectivity index (χ4n) is 3.26. The van der Waals surface area contributed by atoms with Gasteiger partial charge in [0.25, 0.3) is 0 Å². The van der Waals surface area contributed by atoms with Crippen LogP contribution in [0.5, 0.6) is 23.0 Å². The normalized spacial score (nSPS) is 10.4. The Balaban J connectivity index is 2.51. The van der Waals surface area contributed by atoms with Crippen LogP contribution in [0.1, 0.15) is 17.3 Å². The number of methoxy groups -OCH3 is 3. The number of carbonyl (C=O) groups is 2. The number of benzene rings is 3. The molecule has 0 saturated carbocycles. The molecule has 3 aromatic rings. The highest BCUT2D eigenvalue weighted by molar-refractivity contribution is 6.06. The number of rotatable bonds is 6. The van der Waals surface area contributed by atoms with Crippen molar-refractivity contribution in [3.63, 3.8) is 0 Å². The van der Waals surface area contributed by atoms with E-state index in [1.807, 2.05) is 0 Å². The zero-order chi connectivity index (χ0) is 20.3. The first-order valence-electron chi connectivity index (χ1n) is 8.54. The van der Waals surface area contributed by atoms with E-state index in [9.17, 15) is 9.59 Å². The van der Waals surface area contributed by atoms with Gasteiger partial charge in [-0.2, -0.15) is 0 Å². The molecule has 0 radical (unpaired) electrons. The smallest absolute Gasteiger partial charge is 0.308 e. The van der Waals surface area contributed by atoms with Gasteiger partial charge in [-0.25, -0.2) is 0 Å². The largest absolute Gasteiger partial charge is 0.496 e. The summed E-state index contributed by atoms with van der Waals surface area (Å²) in [5.41, 5.74) is 1.42. The van der Waals surface area contributed by atoms with Crippen molar-refractivity contribution in [1.82, 2.24) is 0 Å². The summed E-state index contributed by atoms with van der Waals surface area (Å²) in [5, 5.41) is 1.28. The Morgan fingerprint density at radius 2 is 1.54 bits per heavy atom. The van der Waals surface area contributed by atoms with Gasteiger partial charge in [-0.1, -0.05) is 24.3 Å². The molecular formula is C22H20O6. The van der Waals surface area contributed by atoms with Crippen LogP contribution in [0.4, 0.5) is 0 Å². The monoisotopic (exact) mass is 380 g/mol. The van der Waals surface area contributed by atoms with Crippen LogP contribution in [0.15, 0.2) is 42.5 Å². The van der Waals surface area contributed by atoms with E-state index >= 15 is 0 Å². The molecule has 6 heteroatoms. The van der Waals surface area contributed by atoms with E-state index in [4.69, 9.17) is 18.9 Å². The average Bonchev–Trinajstić information content (AvgIpc) is 2.72. The van der Waals surface area contributed by atoms with E-state index in [-0.39, 0.29) is 0 Å². The van der Waals surface area contributed by atoms with E-state index < -0.39 is 5.97 Å². The van der Waals surface area contributed by atoms with E-state index in [2.05, 4.69) is 0 Å². The second-order valence-electron chi connectivity index (χ2n) is 5.97. The van der Waals surface area contributed by atoms with Gasteiger partial charge >= 0.3 is 5.97 Å². The number of esters is 1. The fraction of sp³-hybridized carbons (Fsp3) is 0.182. The van der Waals surface area contributed by atoms with E-state index in [0.717, 1.165) is 6.29 Å². The molecule has 0 unspecified atom stereocenters. The minimum absolute atomic E-state index is 0.301. The van der Waals surface area contributed by atoms with Crippen LogP contribution in [0, 0.1) is 0 Å². The number of hydrogen-bond acceptors (Lipinski definition) is 6. The molecule has 3 aromatic carbocycles. The van der Waals surface area contributed by atoms with E-state index in [0.29, 0.717) is 50.5 Å². The molecule has 0 aliphatic heterocycles. The molecule has 144 valence electrons. The topological polar surface area (TPSA) is 71.1 Å². The molecule has 0 bridgehead atoms. The lowest BCUT2D eigenvalue weighted by Crippen LogP contribution is -2.05. The van der Waals surface area contributed by atoms with Crippen molar-refractivity contribution in [2.24, 2.45) is 0 Å². The summed E-state index contributed by atoms with van der Waals surface area (Å²) in [6, 6.07) is 12.2. The second kappa shape index (κ2) is 8.00. The van der Waals surface area contributed by atoms with Crippen LogP contribution >= 0.6 is 0 Å². The molecule has 3 rings (SSSR count). The van der Waals surface area contributed by atoms with Crippen molar-refractivity contribution in [2.75, 3.05) is 21.3 Å². The maximum Gasteiger partial charge on any atom is 0.308 e. The molecule has 0 saturated heterocycles. The van der Waals surface area contributed by atoms with Gasteiger partial charge in [0.1, 0.15) is 23.0 Å². The number of carbonyl (C=O) groups excluding carboxylic acids is 2. The maximum absolute atomic E-state index is 11.9. The first kappa shape index (κ1) is 19.2. The van der Waals surface area contributed by atoms with Crippen molar-refractivity contribution in [3.05, 3.63) is 48.0 Å². The molecule has 0 fully saturated rings. The van der Waals surface area contributed by atoms with Crippen LogP contribution in [-0.2, 0) is 4.79 Å². The van der Waals surface area contributed by atoms with Crippen LogP contribution in [0.25, 0.3) is 21.9 Å². The van der Waals surface area contributed by atoms with Gasteiger partial charge in [0.05, 0.1) is 26.7 Å². The van der Waals surface area contributed by atoms with Gasteiger partial charge in [0, 0.05) is 29.0 Å². The number of aldehydes is 1. The highest BCUT2D eigenvalue weighted by atomic mass is 16.5. The van der Waals surface area contributed by atoms with Crippen LogP contribution in [0.3, 0.4) is 0 Å². The first-order chi connectivity index (χ1) is 13.5. The number of hydrogen-bond donors (Lipinski definition) is 0. The van der Waals surface area contributed by atoms with Gasteiger partial charge in [-0.05, 0) is 18.2 Å².